The Labute approximate surface area is 109 Å². The molecular weight excluding hydrogens is 240 g/mol. The Bertz CT molecular complexity index is 736. The van der Waals surface area contributed by atoms with E-state index >= 15 is 0 Å². The van der Waals surface area contributed by atoms with Crippen LogP contribution >= 0.6 is 0 Å². The average Bonchev–Trinajstić information content (AvgIpc) is 2.98. The predicted molar refractivity (Wildman–Crippen MR) is 69.1 cm³/mol. The number of pyridine rings is 1. The van der Waals surface area contributed by atoms with Gasteiger partial charge < -0.3 is 9.26 Å². The van der Waals surface area contributed by atoms with Gasteiger partial charge in [-0.2, -0.15) is 0 Å². The first kappa shape index (κ1) is 10.3. The van der Waals surface area contributed by atoms with Crippen molar-refractivity contribution in [3.8, 4) is 22.9 Å². The topological polar surface area (TPSA) is 48.2 Å². The molecule has 3 aromatic rings. The van der Waals surface area contributed by atoms with Crippen molar-refractivity contribution < 1.29 is 9.26 Å². The lowest BCUT2D eigenvalue weighted by atomic mass is 10.0. The average molecular weight is 250 g/mol. The summed E-state index contributed by atoms with van der Waals surface area (Å²) in [5.74, 6) is 1.72. The second-order valence-corrected chi connectivity index (χ2v) is 4.41. The van der Waals surface area contributed by atoms with E-state index in [1.807, 2.05) is 30.3 Å². The van der Waals surface area contributed by atoms with Crippen LogP contribution in [0.15, 0.2) is 53.3 Å². The molecule has 0 spiro atoms. The van der Waals surface area contributed by atoms with Crippen molar-refractivity contribution in [1.82, 2.24) is 10.1 Å². The molecule has 0 aliphatic carbocycles. The Morgan fingerprint density at radius 3 is 2.74 bits per heavy atom. The van der Waals surface area contributed by atoms with Gasteiger partial charge in [-0.15, -0.1) is 0 Å². The molecule has 3 heterocycles. The Balaban J connectivity index is 1.78. The number of rotatable bonds is 1. The van der Waals surface area contributed by atoms with Gasteiger partial charge in [0.1, 0.15) is 23.5 Å². The predicted octanol–water partition coefficient (Wildman–Crippen LogP) is 3.43. The van der Waals surface area contributed by atoms with Crippen LogP contribution in [0.1, 0.15) is 11.3 Å². The first-order chi connectivity index (χ1) is 9.40. The van der Waals surface area contributed by atoms with Gasteiger partial charge in [0.05, 0.1) is 11.4 Å². The zero-order chi connectivity index (χ0) is 12.7. The highest BCUT2D eigenvalue weighted by Gasteiger charge is 2.18. The van der Waals surface area contributed by atoms with E-state index in [-0.39, 0.29) is 0 Å². The molecule has 1 aromatic carbocycles. The molecule has 4 heteroatoms. The van der Waals surface area contributed by atoms with Gasteiger partial charge in [0.2, 0.25) is 0 Å². The Kier molecular flexibility index (Phi) is 2.14. The van der Waals surface area contributed by atoms with Crippen molar-refractivity contribution >= 4 is 0 Å². The van der Waals surface area contributed by atoms with Crippen molar-refractivity contribution in [2.75, 3.05) is 0 Å². The summed E-state index contributed by atoms with van der Waals surface area (Å²) in [5.41, 5.74) is 3.62. The van der Waals surface area contributed by atoms with Crippen LogP contribution in [-0.2, 0) is 6.42 Å². The lowest BCUT2D eigenvalue weighted by molar-refractivity contribution is 0.422. The monoisotopic (exact) mass is 250 g/mol. The van der Waals surface area contributed by atoms with E-state index in [0.717, 1.165) is 40.6 Å². The van der Waals surface area contributed by atoms with Crippen LogP contribution in [0.5, 0.6) is 11.5 Å². The van der Waals surface area contributed by atoms with Crippen LogP contribution in [0, 0.1) is 0 Å². The molecule has 0 amide bonds. The molecule has 0 saturated heterocycles. The van der Waals surface area contributed by atoms with Crippen molar-refractivity contribution in [3.05, 3.63) is 60.0 Å². The highest BCUT2D eigenvalue weighted by atomic mass is 16.5. The van der Waals surface area contributed by atoms with E-state index < -0.39 is 0 Å². The molecule has 0 N–H and O–H groups in total. The van der Waals surface area contributed by atoms with Gasteiger partial charge in [0.25, 0.3) is 0 Å². The maximum absolute atomic E-state index is 5.84. The number of hydrogen-bond donors (Lipinski definition) is 0. The van der Waals surface area contributed by atoms with Crippen molar-refractivity contribution in [2.45, 2.75) is 6.42 Å². The van der Waals surface area contributed by atoms with E-state index in [1.165, 1.54) is 0 Å². The first-order valence-electron chi connectivity index (χ1n) is 6.06. The third-order valence-electron chi connectivity index (χ3n) is 3.18. The van der Waals surface area contributed by atoms with E-state index in [0.29, 0.717) is 0 Å². The molecule has 1 aliphatic rings. The quantitative estimate of drug-likeness (QED) is 0.519. The second kappa shape index (κ2) is 3.95. The summed E-state index contributed by atoms with van der Waals surface area (Å²) < 4.78 is 10.7. The lowest BCUT2D eigenvalue weighted by Gasteiger charge is -2.19. The number of nitrogens with zero attached hydrogens (tertiary/aromatic N) is 2. The molecule has 4 rings (SSSR count). The van der Waals surface area contributed by atoms with Gasteiger partial charge in [0.15, 0.2) is 0 Å². The fourth-order valence-corrected chi connectivity index (χ4v) is 2.24. The molecule has 2 aromatic heterocycles. The molecule has 0 bridgehead atoms. The molecule has 19 heavy (non-hydrogen) atoms. The van der Waals surface area contributed by atoms with Gasteiger partial charge in [-0.3, -0.25) is 0 Å². The third kappa shape index (κ3) is 1.69. The molecule has 4 nitrogen and oxygen atoms in total. The maximum atomic E-state index is 5.84. The lowest BCUT2D eigenvalue weighted by Crippen LogP contribution is -2.05. The zero-order valence-electron chi connectivity index (χ0n) is 10.0. The SMILES string of the molecule is c1ccc2c(c1)Cc1nc(-c3ccon3)ccc1O2. The first-order valence-corrected chi connectivity index (χ1v) is 6.06. The smallest absolute Gasteiger partial charge is 0.149 e. The van der Waals surface area contributed by atoms with Crippen LogP contribution in [0.2, 0.25) is 0 Å². The zero-order valence-corrected chi connectivity index (χ0v) is 10.0. The number of para-hydroxylation sites is 1. The van der Waals surface area contributed by atoms with Gasteiger partial charge in [-0.05, 0) is 18.2 Å². The minimum Gasteiger partial charge on any atom is -0.455 e. The number of benzene rings is 1. The van der Waals surface area contributed by atoms with Gasteiger partial charge in [-0.25, -0.2) is 4.98 Å². The highest BCUT2D eigenvalue weighted by Crippen LogP contribution is 2.36. The molecule has 92 valence electrons. The largest absolute Gasteiger partial charge is 0.455 e. The summed E-state index contributed by atoms with van der Waals surface area (Å²) in [6, 6.07) is 13.6. The Hall–Kier alpha value is -2.62. The van der Waals surface area contributed by atoms with Crippen molar-refractivity contribution in [1.29, 1.82) is 0 Å². The summed E-state index contributed by atoms with van der Waals surface area (Å²) in [6.45, 7) is 0. The minimum atomic E-state index is 0.738. The highest BCUT2D eigenvalue weighted by molar-refractivity contribution is 5.57. The molecular formula is C15H10N2O2. The van der Waals surface area contributed by atoms with Crippen molar-refractivity contribution in [2.24, 2.45) is 0 Å². The Morgan fingerprint density at radius 2 is 1.84 bits per heavy atom. The van der Waals surface area contributed by atoms with Crippen LogP contribution in [-0.4, -0.2) is 10.1 Å². The van der Waals surface area contributed by atoms with E-state index in [2.05, 4.69) is 16.2 Å². The van der Waals surface area contributed by atoms with Crippen LogP contribution in [0.25, 0.3) is 11.4 Å². The van der Waals surface area contributed by atoms with Crippen molar-refractivity contribution in [3.63, 3.8) is 0 Å². The molecule has 1 aliphatic heterocycles. The molecule has 0 radical (unpaired) electrons. The summed E-state index contributed by atoms with van der Waals surface area (Å²) in [4.78, 5) is 4.61. The molecule has 0 unspecified atom stereocenters. The van der Waals surface area contributed by atoms with Crippen LogP contribution in [0.4, 0.5) is 0 Å². The van der Waals surface area contributed by atoms with Crippen LogP contribution < -0.4 is 4.74 Å². The minimum absolute atomic E-state index is 0.738. The molecule has 0 saturated carbocycles. The molecule has 0 fully saturated rings. The summed E-state index contributed by atoms with van der Waals surface area (Å²) in [6.07, 6.45) is 2.32. The van der Waals surface area contributed by atoms with E-state index in [1.54, 1.807) is 12.3 Å². The molecule has 0 atom stereocenters. The van der Waals surface area contributed by atoms with Gasteiger partial charge >= 0.3 is 0 Å². The van der Waals surface area contributed by atoms with E-state index in [9.17, 15) is 0 Å². The Morgan fingerprint density at radius 1 is 0.895 bits per heavy atom. The third-order valence-corrected chi connectivity index (χ3v) is 3.18. The number of ether oxygens (including phenoxy) is 1. The fraction of sp³-hybridized carbons (Fsp3) is 0.0667. The fourth-order valence-electron chi connectivity index (χ4n) is 2.24. The normalized spacial score (nSPS) is 12.4. The van der Waals surface area contributed by atoms with Gasteiger partial charge in [0, 0.05) is 18.1 Å². The standard InChI is InChI=1S/C15H10N2O2/c1-2-4-14-10(3-1)9-13-15(19-14)6-5-11(16-13)12-7-8-18-17-12/h1-8H,9H2. The maximum Gasteiger partial charge on any atom is 0.149 e. The summed E-state index contributed by atoms with van der Waals surface area (Å²) >= 11 is 0. The second-order valence-electron chi connectivity index (χ2n) is 4.41. The number of aromatic nitrogens is 2. The summed E-state index contributed by atoms with van der Waals surface area (Å²) in [7, 11) is 0. The summed E-state index contributed by atoms with van der Waals surface area (Å²) in [5, 5.41) is 3.90. The van der Waals surface area contributed by atoms with Gasteiger partial charge in [-0.1, -0.05) is 23.4 Å². The number of fused-ring (bicyclic) bond motifs is 2. The number of hydrogen-bond acceptors (Lipinski definition) is 4. The van der Waals surface area contributed by atoms with Crippen LogP contribution in [0.3, 0.4) is 0 Å². The van der Waals surface area contributed by atoms with E-state index in [4.69, 9.17) is 9.26 Å².